The highest BCUT2D eigenvalue weighted by Crippen LogP contribution is 2.33. The maximum Gasteiger partial charge on any atom is 0.266 e. The molecule has 1 saturated heterocycles. The molecule has 0 bridgehead atoms. The minimum Gasteiger partial charge on any atom is -0.484 e. The number of benzene rings is 2. The summed E-state index contributed by atoms with van der Waals surface area (Å²) in [7, 11) is 0. The number of thiocarbonyl (C=S) groups is 1. The number of hydrogen-bond donors (Lipinski definition) is 1. The van der Waals surface area contributed by atoms with Gasteiger partial charge in [0.05, 0.1) is 17.7 Å². The van der Waals surface area contributed by atoms with Crippen molar-refractivity contribution < 1.29 is 18.7 Å². The fraction of sp³-hybridized carbons (Fsp3) is 0.125. The normalized spacial score (nSPS) is 14.7. The number of anilines is 1. The average molecular weight is 543 g/mol. The van der Waals surface area contributed by atoms with Crippen molar-refractivity contribution in [3.8, 4) is 5.75 Å². The lowest BCUT2D eigenvalue weighted by molar-refractivity contribution is -0.122. The van der Waals surface area contributed by atoms with Crippen LogP contribution in [0, 0.1) is 6.92 Å². The second kappa shape index (κ2) is 10.4. The molecule has 0 aliphatic carbocycles. The molecule has 6 nitrogen and oxygen atoms in total. The minimum absolute atomic E-state index is 0.111. The molecular weight excluding hydrogens is 524 g/mol. The highest BCUT2D eigenvalue weighted by molar-refractivity contribution is 9.10. The smallest absolute Gasteiger partial charge is 0.266 e. The van der Waals surface area contributed by atoms with Gasteiger partial charge in [-0.05, 0) is 66.6 Å². The predicted molar refractivity (Wildman–Crippen MR) is 137 cm³/mol. The van der Waals surface area contributed by atoms with Crippen LogP contribution in [0.1, 0.15) is 16.9 Å². The third kappa shape index (κ3) is 5.93. The maximum atomic E-state index is 12.7. The Balaban J connectivity index is 1.33. The van der Waals surface area contributed by atoms with E-state index in [0.29, 0.717) is 33.0 Å². The number of hydrogen-bond acceptors (Lipinski definition) is 6. The van der Waals surface area contributed by atoms with E-state index in [1.807, 2.05) is 37.3 Å². The van der Waals surface area contributed by atoms with Crippen molar-refractivity contribution in [2.75, 3.05) is 11.9 Å². The molecule has 0 spiro atoms. The number of aryl methyl sites for hydroxylation is 1. The first-order chi connectivity index (χ1) is 15.9. The molecule has 168 valence electrons. The zero-order valence-corrected chi connectivity index (χ0v) is 20.8. The predicted octanol–water partition coefficient (Wildman–Crippen LogP) is 5.77. The second-order valence-electron chi connectivity index (χ2n) is 7.22. The topological polar surface area (TPSA) is 71.8 Å². The summed E-state index contributed by atoms with van der Waals surface area (Å²) >= 11 is 10.0. The lowest BCUT2D eigenvalue weighted by atomic mass is 10.2. The summed E-state index contributed by atoms with van der Waals surface area (Å²) < 4.78 is 12.4. The van der Waals surface area contributed by atoms with Crippen molar-refractivity contribution in [2.45, 2.75) is 13.5 Å². The fourth-order valence-electron chi connectivity index (χ4n) is 3.07. The van der Waals surface area contributed by atoms with Crippen molar-refractivity contribution in [1.82, 2.24) is 4.90 Å². The fourth-order valence-corrected chi connectivity index (χ4v) is 4.58. The number of nitrogens with zero attached hydrogens (tertiary/aromatic N) is 1. The summed E-state index contributed by atoms with van der Waals surface area (Å²) in [5.41, 5.74) is 2.57. The van der Waals surface area contributed by atoms with Gasteiger partial charge in [-0.1, -0.05) is 52.0 Å². The molecule has 2 aromatic carbocycles. The zero-order valence-electron chi connectivity index (χ0n) is 17.5. The van der Waals surface area contributed by atoms with Crippen LogP contribution < -0.4 is 10.1 Å². The average Bonchev–Trinajstić information content (AvgIpc) is 3.40. The van der Waals surface area contributed by atoms with E-state index in [-0.39, 0.29) is 18.4 Å². The molecule has 4 rings (SSSR count). The molecule has 1 aliphatic heterocycles. The van der Waals surface area contributed by atoms with E-state index in [9.17, 15) is 9.59 Å². The van der Waals surface area contributed by atoms with Crippen LogP contribution >= 0.6 is 39.9 Å². The number of carbonyl (C=O) groups excluding carboxylic acids is 2. The molecule has 3 aromatic rings. The molecule has 0 unspecified atom stereocenters. The quantitative estimate of drug-likeness (QED) is 0.302. The monoisotopic (exact) mass is 542 g/mol. The summed E-state index contributed by atoms with van der Waals surface area (Å²) in [4.78, 5) is 27.0. The Morgan fingerprint density at radius 1 is 1.24 bits per heavy atom. The lowest BCUT2D eigenvalue weighted by Crippen LogP contribution is -2.27. The first kappa shape index (κ1) is 23.3. The number of thioether (sulfide) groups is 1. The molecule has 0 atom stereocenters. The largest absolute Gasteiger partial charge is 0.484 e. The van der Waals surface area contributed by atoms with E-state index in [2.05, 4.69) is 21.2 Å². The Labute approximate surface area is 209 Å². The number of amides is 2. The van der Waals surface area contributed by atoms with Gasteiger partial charge in [-0.25, -0.2) is 0 Å². The van der Waals surface area contributed by atoms with Crippen LogP contribution in [0.3, 0.4) is 0 Å². The highest BCUT2D eigenvalue weighted by Gasteiger charge is 2.32. The first-order valence-electron chi connectivity index (χ1n) is 9.95. The van der Waals surface area contributed by atoms with E-state index in [4.69, 9.17) is 21.4 Å². The second-order valence-corrected chi connectivity index (χ2v) is 9.75. The Kier molecular flexibility index (Phi) is 7.32. The van der Waals surface area contributed by atoms with E-state index in [1.165, 1.54) is 16.7 Å². The van der Waals surface area contributed by atoms with Crippen LogP contribution in [0.2, 0.25) is 0 Å². The van der Waals surface area contributed by atoms with Gasteiger partial charge < -0.3 is 14.5 Å². The van der Waals surface area contributed by atoms with Crippen molar-refractivity contribution >= 4 is 67.8 Å². The van der Waals surface area contributed by atoms with E-state index >= 15 is 0 Å². The van der Waals surface area contributed by atoms with Gasteiger partial charge in [0.25, 0.3) is 11.8 Å². The molecule has 2 heterocycles. The Morgan fingerprint density at radius 2 is 2.03 bits per heavy atom. The molecule has 33 heavy (non-hydrogen) atoms. The van der Waals surface area contributed by atoms with Crippen LogP contribution in [-0.2, 0) is 16.1 Å². The van der Waals surface area contributed by atoms with Crippen molar-refractivity contribution in [3.63, 3.8) is 0 Å². The highest BCUT2D eigenvalue weighted by atomic mass is 79.9. The summed E-state index contributed by atoms with van der Waals surface area (Å²) in [5, 5.41) is 2.81. The molecule has 1 fully saturated rings. The lowest BCUT2D eigenvalue weighted by Gasteiger charge is -2.12. The van der Waals surface area contributed by atoms with Crippen LogP contribution in [-0.4, -0.2) is 27.6 Å². The van der Waals surface area contributed by atoms with Gasteiger partial charge in [-0.3, -0.25) is 14.5 Å². The minimum atomic E-state index is -0.249. The third-order valence-corrected chi connectivity index (χ3v) is 7.02. The molecule has 1 aromatic heterocycles. The standard InChI is InChI=1S/C24H19BrN2O4S2/c1-15-11-17(6-9-20(15)25)26-22(28)14-31-18-7-4-16(5-8-18)12-21-23(29)27(24(32)33-21)13-19-3-2-10-30-19/h2-12H,13-14H2,1H3,(H,26,28)/b21-12-. The van der Waals surface area contributed by atoms with Crippen molar-refractivity contribution in [3.05, 3.63) is 87.1 Å². The zero-order chi connectivity index (χ0) is 23.4. The molecule has 2 amide bonds. The van der Waals surface area contributed by atoms with Gasteiger partial charge in [-0.15, -0.1) is 0 Å². The number of ether oxygens (including phenoxy) is 1. The van der Waals surface area contributed by atoms with Gasteiger partial charge in [0.15, 0.2) is 6.61 Å². The molecular formula is C24H19BrN2O4S2. The Hall–Kier alpha value is -2.88. The van der Waals surface area contributed by atoms with E-state index in [0.717, 1.165) is 15.6 Å². The summed E-state index contributed by atoms with van der Waals surface area (Å²) in [6.07, 6.45) is 3.35. The van der Waals surface area contributed by atoms with Crippen LogP contribution in [0.25, 0.3) is 6.08 Å². The molecule has 1 N–H and O–H groups in total. The first-order valence-corrected chi connectivity index (χ1v) is 12.0. The van der Waals surface area contributed by atoms with Crippen molar-refractivity contribution in [1.29, 1.82) is 0 Å². The molecule has 1 aliphatic rings. The summed E-state index contributed by atoms with van der Waals surface area (Å²) in [6.45, 7) is 2.15. The SMILES string of the molecule is Cc1cc(NC(=O)COc2ccc(/C=C3\SC(=S)N(Cc4ccco4)C3=O)cc2)ccc1Br. The van der Waals surface area contributed by atoms with Gasteiger partial charge in [0.1, 0.15) is 15.8 Å². The van der Waals surface area contributed by atoms with Crippen LogP contribution in [0.15, 0.2) is 74.7 Å². The molecule has 0 radical (unpaired) electrons. The van der Waals surface area contributed by atoms with Crippen molar-refractivity contribution in [2.24, 2.45) is 0 Å². The Morgan fingerprint density at radius 3 is 2.73 bits per heavy atom. The van der Waals surface area contributed by atoms with Crippen LogP contribution in [0.4, 0.5) is 5.69 Å². The third-order valence-electron chi connectivity index (χ3n) is 4.76. The molecule has 9 heteroatoms. The van der Waals surface area contributed by atoms with E-state index < -0.39 is 0 Å². The number of furan rings is 1. The van der Waals surface area contributed by atoms with Gasteiger partial charge in [0, 0.05) is 10.2 Å². The van der Waals surface area contributed by atoms with Crippen LogP contribution in [0.5, 0.6) is 5.75 Å². The number of halogens is 1. The number of carbonyl (C=O) groups is 2. The summed E-state index contributed by atoms with van der Waals surface area (Å²) in [6, 6.07) is 16.3. The van der Waals surface area contributed by atoms with Gasteiger partial charge in [0.2, 0.25) is 0 Å². The Bertz CT molecular complexity index is 1220. The number of nitrogens with one attached hydrogen (secondary N) is 1. The molecule has 0 saturated carbocycles. The maximum absolute atomic E-state index is 12.7. The van der Waals surface area contributed by atoms with Gasteiger partial charge in [-0.2, -0.15) is 0 Å². The summed E-state index contributed by atoms with van der Waals surface area (Å²) in [5.74, 6) is 0.829. The number of rotatable bonds is 7. The van der Waals surface area contributed by atoms with Gasteiger partial charge >= 0.3 is 0 Å². The van der Waals surface area contributed by atoms with E-state index in [1.54, 1.807) is 36.6 Å².